The zero-order valence-electron chi connectivity index (χ0n) is 18.1. The van der Waals surface area contributed by atoms with Crippen molar-refractivity contribution in [2.45, 2.75) is 57.9 Å². The third-order valence-corrected chi connectivity index (χ3v) is 5.56. The number of benzene rings is 1. The second-order valence-electron chi connectivity index (χ2n) is 8.16. The molecule has 1 aromatic carbocycles. The van der Waals surface area contributed by atoms with Gasteiger partial charge in [0, 0.05) is 23.3 Å². The summed E-state index contributed by atoms with van der Waals surface area (Å²) in [5.41, 5.74) is 4.98. The standard InChI is InChI=1S/C24H27N5O3/c1-2-3-4-19(21-13-12-20(18-10-11-18)24(32)25-21)17-8-5-16(6-9-17)7-14-22-26-28-29(27-22)15-23(30)31/h4-6,8-9,12-13,18H,2-3,7,10-11,14-15H2,1H3,(H,25,32)(H,30,31)/b19-4+. The van der Waals surface area contributed by atoms with Crippen LogP contribution in [0, 0.1) is 0 Å². The molecule has 0 amide bonds. The number of allylic oxidation sites excluding steroid dienone is 1. The summed E-state index contributed by atoms with van der Waals surface area (Å²) < 4.78 is 0. The van der Waals surface area contributed by atoms with Crippen molar-refractivity contribution in [3.8, 4) is 0 Å². The van der Waals surface area contributed by atoms with Crippen molar-refractivity contribution in [2.24, 2.45) is 0 Å². The molecule has 0 bridgehead atoms. The number of carboxylic acid groups (broad SMARTS) is 1. The van der Waals surface area contributed by atoms with Gasteiger partial charge in [0.25, 0.3) is 5.56 Å². The predicted molar refractivity (Wildman–Crippen MR) is 120 cm³/mol. The Balaban J connectivity index is 1.47. The summed E-state index contributed by atoms with van der Waals surface area (Å²) in [5, 5.41) is 20.5. The van der Waals surface area contributed by atoms with Gasteiger partial charge in [0.05, 0.1) is 0 Å². The number of carbonyl (C=O) groups is 1. The van der Waals surface area contributed by atoms with E-state index >= 15 is 0 Å². The fraction of sp³-hybridized carbons (Fsp3) is 0.375. The highest BCUT2D eigenvalue weighted by molar-refractivity contribution is 5.78. The number of aromatic nitrogens is 5. The first-order valence-electron chi connectivity index (χ1n) is 11.0. The number of unbranched alkanes of at least 4 members (excludes halogenated alkanes) is 1. The van der Waals surface area contributed by atoms with Gasteiger partial charge in [0.1, 0.15) is 0 Å². The maximum Gasteiger partial charge on any atom is 0.327 e. The number of hydrogen-bond acceptors (Lipinski definition) is 5. The minimum atomic E-state index is -1.00. The third kappa shape index (κ3) is 5.38. The van der Waals surface area contributed by atoms with Gasteiger partial charge in [-0.15, -0.1) is 10.2 Å². The molecule has 1 fully saturated rings. The first kappa shape index (κ1) is 21.7. The minimum absolute atomic E-state index is 0.0208. The molecule has 1 aliphatic carbocycles. The molecule has 4 rings (SSSR count). The van der Waals surface area contributed by atoms with Gasteiger partial charge in [-0.1, -0.05) is 49.8 Å². The summed E-state index contributed by atoms with van der Waals surface area (Å²) in [6.45, 7) is 1.84. The maximum atomic E-state index is 12.5. The fourth-order valence-electron chi connectivity index (χ4n) is 3.70. The van der Waals surface area contributed by atoms with Crippen molar-refractivity contribution in [3.63, 3.8) is 0 Å². The summed E-state index contributed by atoms with van der Waals surface area (Å²) >= 11 is 0. The van der Waals surface area contributed by atoms with Crippen LogP contribution in [-0.2, 0) is 24.2 Å². The van der Waals surface area contributed by atoms with E-state index in [2.05, 4.69) is 57.7 Å². The van der Waals surface area contributed by atoms with Crippen LogP contribution in [0.15, 0.2) is 47.3 Å². The lowest BCUT2D eigenvalue weighted by Crippen LogP contribution is -2.13. The van der Waals surface area contributed by atoms with Gasteiger partial charge in [0.2, 0.25) is 0 Å². The number of H-pyrrole nitrogens is 1. The topological polar surface area (TPSA) is 114 Å². The van der Waals surface area contributed by atoms with Gasteiger partial charge in [0.15, 0.2) is 12.4 Å². The number of hydrogen-bond donors (Lipinski definition) is 2. The largest absolute Gasteiger partial charge is 0.480 e. The molecule has 0 aliphatic heterocycles. The molecular formula is C24H27N5O3. The van der Waals surface area contributed by atoms with E-state index in [0.717, 1.165) is 64.9 Å². The molecule has 2 N–H and O–H groups in total. The summed E-state index contributed by atoms with van der Waals surface area (Å²) in [6, 6.07) is 12.3. The van der Waals surface area contributed by atoms with E-state index in [-0.39, 0.29) is 12.1 Å². The third-order valence-electron chi connectivity index (χ3n) is 5.56. The number of aromatic amines is 1. The Morgan fingerprint density at radius 1 is 1.19 bits per heavy atom. The molecule has 3 aromatic rings. The highest BCUT2D eigenvalue weighted by Gasteiger charge is 2.26. The van der Waals surface area contributed by atoms with E-state index in [1.54, 1.807) is 0 Å². The van der Waals surface area contributed by atoms with Crippen molar-refractivity contribution in [1.29, 1.82) is 0 Å². The molecule has 0 spiro atoms. The van der Waals surface area contributed by atoms with Crippen LogP contribution < -0.4 is 5.56 Å². The number of carboxylic acids is 1. The van der Waals surface area contributed by atoms with E-state index in [1.807, 2.05) is 12.1 Å². The van der Waals surface area contributed by atoms with Gasteiger partial charge in [-0.3, -0.25) is 9.59 Å². The molecule has 0 atom stereocenters. The molecule has 1 aliphatic rings. The Hall–Kier alpha value is -3.55. The van der Waals surface area contributed by atoms with E-state index < -0.39 is 5.97 Å². The van der Waals surface area contributed by atoms with Crippen LogP contribution in [0.3, 0.4) is 0 Å². The molecule has 0 saturated heterocycles. The lowest BCUT2D eigenvalue weighted by Gasteiger charge is -2.11. The second kappa shape index (κ2) is 9.72. The minimum Gasteiger partial charge on any atom is -0.480 e. The number of rotatable bonds is 10. The van der Waals surface area contributed by atoms with Gasteiger partial charge in [-0.05, 0) is 54.0 Å². The Morgan fingerprint density at radius 3 is 2.62 bits per heavy atom. The van der Waals surface area contributed by atoms with Crippen LogP contribution in [0.2, 0.25) is 0 Å². The zero-order valence-corrected chi connectivity index (χ0v) is 18.1. The van der Waals surface area contributed by atoms with Crippen LogP contribution in [0.1, 0.15) is 66.7 Å². The monoisotopic (exact) mass is 433 g/mol. The lowest BCUT2D eigenvalue weighted by atomic mass is 9.97. The van der Waals surface area contributed by atoms with Gasteiger partial charge < -0.3 is 10.1 Å². The van der Waals surface area contributed by atoms with E-state index in [9.17, 15) is 9.59 Å². The number of pyridine rings is 1. The summed E-state index contributed by atoms with van der Waals surface area (Å²) in [6.07, 6.45) is 7.65. The Bertz CT molecular complexity index is 1170. The van der Waals surface area contributed by atoms with Crippen LogP contribution >= 0.6 is 0 Å². The zero-order chi connectivity index (χ0) is 22.5. The Labute approximate surface area is 186 Å². The van der Waals surface area contributed by atoms with Crippen molar-refractivity contribution in [3.05, 3.63) is 81.0 Å². The van der Waals surface area contributed by atoms with Crippen molar-refractivity contribution < 1.29 is 9.90 Å². The molecule has 8 heteroatoms. The number of tetrazole rings is 1. The molecule has 2 aromatic heterocycles. The molecule has 0 radical (unpaired) electrons. The van der Waals surface area contributed by atoms with Crippen LogP contribution in [0.4, 0.5) is 0 Å². The van der Waals surface area contributed by atoms with Gasteiger partial charge in [-0.25, -0.2) is 0 Å². The molecule has 1 saturated carbocycles. The Kier molecular flexibility index (Phi) is 6.58. The first-order chi connectivity index (χ1) is 15.5. The molecule has 32 heavy (non-hydrogen) atoms. The highest BCUT2D eigenvalue weighted by atomic mass is 16.4. The number of nitrogens with one attached hydrogen (secondary N) is 1. The molecule has 166 valence electrons. The van der Waals surface area contributed by atoms with Crippen molar-refractivity contribution in [2.75, 3.05) is 0 Å². The van der Waals surface area contributed by atoms with E-state index in [4.69, 9.17) is 5.11 Å². The fourth-order valence-corrected chi connectivity index (χ4v) is 3.70. The normalized spacial score (nSPS) is 14.0. The quantitative estimate of drug-likeness (QED) is 0.507. The van der Waals surface area contributed by atoms with Crippen LogP contribution in [-0.4, -0.2) is 36.3 Å². The van der Waals surface area contributed by atoms with Crippen LogP contribution in [0.5, 0.6) is 0 Å². The van der Waals surface area contributed by atoms with E-state index in [1.165, 1.54) is 0 Å². The SMILES string of the molecule is CCC/C=C(\c1ccc(CCc2nnn(CC(=O)O)n2)cc1)c1ccc(C2CC2)c(=O)[nH]1. The Morgan fingerprint density at radius 2 is 1.97 bits per heavy atom. The average Bonchev–Trinajstić information content (AvgIpc) is 3.52. The second-order valence-corrected chi connectivity index (χ2v) is 8.16. The number of aryl methyl sites for hydroxylation is 2. The van der Waals surface area contributed by atoms with Gasteiger partial charge >= 0.3 is 5.97 Å². The van der Waals surface area contributed by atoms with Crippen molar-refractivity contribution in [1.82, 2.24) is 25.2 Å². The van der Waals surface area contributed by atoms with E-state index in [0.29, 0.717) is 18.2 Å². The number of nitrogens with zero attached hydrogens (tertiary/aromatic N) is 4. The smallest absolute Gasteiger partial charge is 0.327 e. The summed E-state index contributed by atoms with van der Waals surface area (Å²) in [7, 11) is 0. The maximum absolute atomic E-state index is 12.5. The lowest BCUT2D eigenvalue weighted by molar-refractivity contribution is -0.138. The van der Waals surface area contributed by atoms with Crippen molar-refractivity contribution >= 4 is 11.5 Å². The predicted octanol–water partition coefficient (Wildman–Crippen LogP) is 3.34. The molecule has 2 heterocycles. The summed E-state index contributed by atoms with van der Waals surface area (Å²) in [5.74, 6) is -0.0532. The first-order valence-corrected chi connectivity index (χ1v) is 11.0. The summed E-state index contributed by atoms with van der Waals surface area (Å²) in [4.78, 5) is 27.4. The van der Waals surface area contributed by atoms with Gasteiger partial charge in [-0.2, -0.15) is 4.80 Å². The number of aliphatic carboxylic acids is 1. The average molecular weight is 434 g/mol. The molecule has 8 nitrogen and oxygen atoms in total. The highest BCUT2D eigenvalue weighted by Crippen LogP contribution is 2.38. The molecule has 0 unspecified atom stereocenters. The van der Waals surface area contributed by atoms with Crippen LogP contribution in [0.25, 0.3) is 5.57 Å². The molecular weight excluding hydrogens is 406 g/mol.